The fraction of sp³-hybridized carbons (Fsp3) is 0.647. The maximum atomic E-state index is 2.52. The van der Waals surface area contributed by atoms with E-state index < -0.39 is 0 Å². The van der Waals surface area contributed by atoms with Gasteiger partial charge in [-0.3, -0.25) is 0 Å². The van der Waals surface area contributed by atoms with Gasteiger partial charge in [0, 0.05) is 0 Å². The molecular formula is C17H24. The number of hydrogen-bond acceptors (Lipinski definition) is 0. The van der Waals surface area contributed by atoms with E-state index in [2.05, 4.69) is 45.0 Å². The molecule has 0 nitrogen and oxygen atoms in total. The summed E-state index contributed by atoms with van der Waals surface area (Å²) in [6, 6.07) is 9.17. The van der Waals surface area contributed by atoms with Crippen LogP contribution in [0.3, 0.4) is 0 Å². The maximum absolute atomic E-state index is 2.52. The van der Waals surface area contributed by atoms with Crippen LogP contribution < -0.4 is 0 Å². The van der Waals surface area contributed by atoms with Gasteiger partial charge in [0.05, 0.1) is 0 Å². The van der Waals surface area contributed by atoms with E-state index in [-0.39, 0.29) is 0 Å². The quantitative estimate of drug-likeness (QED) is 0.603. The highest BCUT2D eigenvalue weighted by Crippen LogP contribution is 2.56. The van der Waals surface area contributed by atoms with Gasteiger partial charge >= 0.3 is 0 Å². The third kappa shape index (κ3) is 1.57. The summed E-state index contributed by atoms with van der Waals surface area (Å²) in [4.78, 5) is 0. The highest BCUT2D eigenvalue weighted by Gasteiger charge is 2.49. The summed E-state index contributed by atoms with van der Waals surface area (Å²) in [6.07, 6.45) is 6.88. The van der Waals surface area contributed by atoms with Crippen LogP contribution >= 0.6 is 0 Å². The Balaban J connectivity index is 2.11. The Morgan fingerprint density at radius 3 is 2.65 bits per heavy atom. The van der Waals surface area contributed by atoms with Gasteiger partial charge < -0.3 is 0 Å². The largest absolute Gasteiger partial charge is 0.0620 e. The van der Waals surface area contributed by atoms with E-state index in [1.165, 1.54) is 32.1 Å². The van der Waals surface area contributed by atoms with Crippen molar-refractivity contribution in [3.63, 3.8) is 0 Å². The molecule has 0 aromatic heterocycles. The molecule has 0 saturated heterocycles. The molecular weight excluding hydrogens is 204 g/mol. The van der Waals surface area contributed by atoms with Crippen molar-refractivity contribution < 1.29 is 0 Å². The second-order valence-electron chi connectivity index (χ2n) is 7.01. The molecule has 0 radical (unpaired) electrons. The standard InChI is InChI=1S/C17H24/c1-16(2)11-6-12-17(3)14-8-5-4-7-13(14)9-10-15(16)17/h4-5,7-8,15H,6,9-12H2,1-3H3/t15-,17?/m1/s1. The van der Waals surface area contributed by atoms with E-state index in [0.717, 1.165) is 5.92 Å². The Kier molecular flexibility index (Phi) is 2.40. The number of fused-ring (bicyclic) bond motifs is 3. The molecule has 0 amide bonds. The molecule has 0 heterocycles. The molecule has 0 N–H and O–H groups in total. The zero-order valence-electron chi connectivity index (χ0n) is 11.4. The lowest BCUT2D eigenvalue weighted by Gasteiger charge is -2.54. The van der Waals surface area contributed by atoms with E-state index in [9.17, 15) is 0 Å². The predicted molar refractivity (Wildman–Crippen MR) is 73.2 cm³/mol. The molecule has 2 aliphatic carbocycles. The zero-order valence-corrected chi connectivity index (χ0v) is 11.4. The first kappa shape index (κ1) is 11.3. The molecule has 3 rings (SSSR count). The average Bonchev–Trinajstić information content (AvgIpc) is 2.28. The first-order valence-electron chi connectivity index (χ1n) is 7.12. The van der Waals surface area contributed by atoms with Crippen molar-refractivity contribution in [2.75, 3.05) is 0 Å². The summed E-state index contributed by atoms with van der Waals surface area (Å²) >= 11 is 0. The predicted octanol–water partition coefficient (Wildman–Crippen LogP) is 4.72. The minimum absolute atomic E-state index is 0.441. The number of rotatable bonds is 0. The summed E-state index contributed by atoms with van der Waals surface area (Å²) in [5.41, 5.74) is 4.24. The van der Waals surface area contributed by atoms with Crippen molar-refractivity contribution in [2.24, 2.45) is 11.3 Å². The number of aryl methyl sites for hydroxylation is 1. The van der Waals surface area contributed by atoms with Crippen molar-refractivity contribution in [3.05, 3.63) is 35.4 Å². The fourth-order valence-corrected chi connectivity index (χ4v) is 4.75. The normalized spacial score (nSPS) is 34.9. The maximum Gasteiger partial charge on any atom is -0.00391 e. The summed E-state index contributed by atoms with van der Waals surface area (Å²) in [7, 11) is 0. The fourth-order valence-electron chi connectivity index (χ4n) is 4.75. The van der Waals surface area contributed by atoms with Gasteiger partial charge in [0.15, 0.2) is 0 Å². The third-order valence-corrected chi connectivity index (χ3v) is 5.56. The molecule has 1 fully saturated rings. The highest BCUT2D eigenvalue weighted by molar-refractivity contribution is 5.38. The number of hydrogen-bond donors (Lipinski definition) is 0. The summed E-state index contributed by atoms with van der Waals surface area (Å²) in [6.45, 7) is 7.50. The summed E-state index contributed by atoms with van der Waals surface area (Å²) in [5, 5.41) is 0. The molecule has 0 aliphatic heterocycles. The summed E-state index contributed by atoms with van der Waals surface area (Å²) < 4.78 is 0. The Labute approximate surface area is 105 Å². The van der Waals surface area contributed by atoms with Crippen LogP contribution in [0.15, 0.2) is 24.3 Å². The van der Waals surface area contributed by atoms with Gasteiger partial charge in [-0.2, -0.15) is 0 Å². The monoisotopic (exact) mass is 228 g/mol. The number of benzene rings is 1. The van der Waals surface area contributed by atoms with Crippen LogP contribution in [0.25, 0.3) is 0 Å². The molecule has 2 aliphatic rings. The third-order valence-electron chi connectivity index (χ3n) is 5.56. The van der Waals surface area contributed by atoms with Crippen LogP contribution in [0.5, 0.6) is 0 Å². The minimum Gasteiger partial charge on any atom is -0.0620 e. The van der Waals surface area contributed by atoms with Crippen molar-refractivity contribution in [3.8, 4) is 0 Å². The van der Waals surface area contributed by atoms with Gasteiger partial charge in [0.2, 0.25) is 0 Å². The molecule has 1 unspecified atom stereocenters. The molecule has 0 bridgehead atoms. The lowest BCUT2D eigenvalue weighted by molar-refractivity contribution is 0.0407. The molecule has 0 heteroatoms. The van der Waals surface area contributed by atoms with Gasteiger partial charge in [-0.25, -0.2) is 0 Å². The van der Waals surface area contributed by atoms with E-state index >= 15 is 0 Å². The molecule has 2 atom stereocenters. The van der Waals surface area contributed by atoms with Gasteiger partial charge in [-0.05, 0) is 53.6 Å². The zero-order chi connectivity index (χ0) is 12.1. The van der Waals surface area contributed by atoms with Crippen LogP contribution in [-0.2, 0) is 11.8 Å². The molecule has 92 valence electrons. The second-order valence-corrected chi connectivity index (χ2v) is 7.01. The Morgan fingerprint density at radius 2 is 1.82 bits per heavy atom. The smallest absolute Gasteiger partial charge is 0.00391 e. The van der Waals surface area contributed by atoms with Crippen molar-refractivity contribution >= 4 is 0 Å². The van der Waals surface area contributed by atoms with E-state index in [0.29, 0.717) is 10.8 Å². The van der Waals surface area contributed by atoms with Gasteiger partial charge in [0.1, 0.15) is 0 Å². The van der Waals surface area contributed by atoms with Crippen molar-refractivity contribution in [2.45, 2.75) is 58.3 Å². The van der Waals surface area contributed by atoms with E-state index in [1.54, 1.807) is 11.1 Å². The first-order chi connectivity index (χ1) is 8.04. The van der Waals surface area contributed by atoms with Crippen LogP contribution in [0.1, 0.15) is 57.6 Å². The topological polar surface area (TPSA) is 0 Å². The van der Waals surface area contributed by atoms with E-state index in [4.69, 9.17) is 0 Å². The van der Waals surface area contributed by atoms with Crippen LogP contribution in [0, 0.1) is 11.3 Å². The second kappa shape index (κ2) is 3.60. The van der Waals surface area contributed by atoms with Crippen LogP contribution in [0.4, 0.5) is 0 Å². The van der Waals surface area contributed by atoms with Gasteiger partial charge in [-0.1, -0.05) is 51.5 Å². The van der Waals surface area contributed by atoms with Crippen molar-refractivity contribution in [1.29, 1.82) is 0 Å². The average molecular weight is 228 g/mol. The molecule has 1 aromatic rings. The van der Waals surface area contributed by atoms with Crippen LogP contribution in [-0.4, -0.2) is 0 Å². The van der Waals surface area contributed by atoms with Crippen molar-refractivity contribution in [1.82, 2.24) is 0 Å². The minimum atomic E-state index is 0.441. The SMILES string of the molecule is CC1(C)CCCC2(C)c3ccccc3CC[C@H]12. The lowest BCUT2D eigenvalue weighted by Crippen LogP contribution is -2.47. The molecule has 1 aromatic carbocycles. The highest BCUT2D eigenvalue weighted by atomic mass is 14.5. The van der Waals surface area contributed by atoms with Gasteiger partial charge in [-0.15, -0.1) is 0 Å². The van der Waals surface area contributed by atoms with Gasteiger partial charge in [0.25, 0.3) is 0 Å². The Morgan fingerprint density at radius 1 is 1.06 bits per heavy atom. The summed E-state index contributed by atoms with van der Waals surface area (Å²) in [5.74, 6) is 0.874. The van der Waals surface area contributed by atoms with Crippen LogP contribution in [0.2, 0.25) is 0 Å². The lowest BCUT2D eigenvalue weighted by atomic mass is 9.50. The van der Waals surface area contributed by atoms with E-state index in [1.807, 2.05) is 0 Å². The first-order valence-corrected chi connectivity index (χ1v) is 7.12. The molecule has 17 heavy (non-hydrogen) atoms. The molecule has 1 saturated carbocycles. The Bertz CT molecular complexity index is 429. The molecule has 0 spiro atoms. The Hall–Kier alpha value is -0.780.